The lowest BCUT2D eigenvalue weighted by atomic mass is 10.1. The maximum atomic E-state index is 6.27. The first kappa shape index (κ1) is 31.3. The third-order valence-electron chi connectivity index (χ3n) is 8.86. The maximum absolute atomic E-state index is 6.27. The monoisotopic (exact) mass is 524 g/mol. The van der Waals surface area contributed by atoms with E-state index in [-0.39, 0.29) is 0 Å². The molecule has 3 heterocycles. The SMILES string of the molecule is CCC1CN(CCN(CCN2CC(CC)OC(CC)C2)CCN2CC(CC)OC(CC)C2)CC(CC)O1. The second-order valence-corrected chi connectivity index (χ2v) is 11.7. The largest absolute Gasteiger partial charge is 0.372 e. The van der Waals surface area contributed by atoms with Crippen molar-refractivity contribution in [2.75, 3.05) is 78.5 Å². The van der Waals surface area contributed by atoms with Crippen LogP contribution in [0, 0.1) is 0 Å². The molecule has 0 N–H and O–H groups in total. The second-order valence-electron chi connectivity index (χ2n) is 11.7. The van der Waals surface area contributed by atoms with Gasteiger partial charge in [-0.25, -0.2) is 0 Å². The van der Waals surface area contributed by atoms with Crippen molar-refractivity contribution in [2.45, 2.75) is 117 Å². The van der Waals surface area contributed by atoms with Crippen LogP contribution in [0.1, 0.15) is 80.1 Å². The molecule has 0 aromatic heterocycles. The Morgan fingerprint density at radius 2 is 0.649 bits per heavy atom. The fourth-order valence-corrected chi connectivity index (χ4v) is 6.11. The van der Waals surface area contributed by atoms with Gasteiger partial charge in [0.05, 0.1) is 36.6 Å². The van der Waals surface area contributed by atoms with Crippen molar-refractivity contribution >= 4 is 0 Å². The van der Waals surface area contributed by atoms with E-state index in [1.54, 1.807) is 0 Å². The summed E-state index contributed by atoms with van der Waals surface area (Å²) in [6, 6.07) is 0. The fraction of sp³-hybridized carbons (Fsp3) is 1.00. The van der Waals surface area contributed by atoms with Gasteiger partial charge in [-0.05, 0) is 38.5 Å². The Kier molecular flexibility index (Phi) is 14.1. The van der Waals surface area contributed by atoms with E-state index in [9.17, 15) is 0 Å². The molecule has 0 bridgehead atoms. The summed E-state index contributed by atoms with van der Waals surface area (Å²) in [6.45, 7) is 26.9. The molecule has 7 heteroatoms. The van der Waals surface area contributed by atoms with Crippen molar-refractivity contribution in [3.8, 4) is 0 Å². The summed E-state index contributed by atoms with van der Waals surface area (Å²) in [5.74, 6) is 0. The molecule has 0 aromatic carbocycles. The van der Waals surface area contributed by atoms with Crippen molar-refractivity contribution in [1.82, 2.24) is 19.6 Å². The topological polar surface area (TPSA) is 40.7 Å². The zero-order valence-corrected chi connectivity index (χ0v) is 25.2. The summed E-state index contributed by atoms with van der Waals surface area (Å²) in [5.41, 5.74) is 0. The summed E-state index contributed by atoms with van der Waals surface area (Å²) in [6.07, 6.45) is 9.01. The highest BCUT2D eigenvalue weighted by Gasteiger charge is 2.29. The van der Waals surface area contributed by atoms with Crippen LogP contribution in [-0.2, 0) is 14.2 Å². The van der Waals surface area contributed by atoms with E-state index >= 15 is 0 Å². The van der Waals surface area contributed by atoms with Crippen LogP contribution < -0.4 is 0 Å². The van der Waals surface area contributed by atoms with Gasteiger partial charge in [-0.15, -0.1) is 0 Å². The summed E-state index contributed by atoms with van der Waals surface area (Å²) >= 11 is 0. The van der Waals surface area contributed by atoms with Crippen LogP contribution in [0.15, 0.2) is 0 Å². The fourth-order valence-electron chi connectivity index (χ4n) is 6.11. The second kappa shape index (κ2) is 16.7. The van der Waals surface area contributed by atoms with Gasteiger partial charge in [0.25, 0.3) is 0 Å². The summed E-state index contributed by atoms with van der Waals surface area (Å²) in [4.78, 5) is 10.8. The highest BCUT2D eigenvalue weighted by molar-refractivity contribution is 4.81. The highest BCUT2D eigenvalue weighted by atomic mass is 16.5. The van der Waals surface area contributed by atoms with Gasteiger partial charge < -0.3 is 14.2 Å². The minimum atomic E-state index is 0.391. The Balaban J connectivity index is 1.57. The molecule has 0 saturated carbocycles. The Labute approximate surface area is 229 Å². The van der Waals surface area contributed by atoms with E-state index in [2.05, 4.69) is 61.1 Å². The molecule has 3 saturated heterocycles. The Bertz CT molecular complexity index is 495. The molecule has 0 spiro atoms. The van der Waals surface area contributed by atoms with Gasteiger partial charge in [-0.3, -0.25) is 19.6 Å². The Hall–Kier alpha value is -0.280. The van der Waals surface area contributed by atoms with Crippen LogP contribution in [0.2, 0.25) is 0 Å². The molecule has 0 aliphatic carbocycles. The quantitative estimate of drug-likeness (QED) is 0.321. The normalized spacial score (nSPS) is 32.8. The number of morpholine rings is 3. The summed E-state index contributed by atoms with van der Waals surface area (Å²) in [5, 5.41) is 0. The van der Waals surface area contributed by atoms with E-state index in [0.29, 0.717) is 36.6 Å². The third-order valence-corrected chi connectivity index (χ3v) is 8.86. The Morgan fingerprint density at radius 3 is 0.838 bits per heavy atom. The van der Waals surface area contributed by atoms with Crippen LogP contribution in [-0.4, -0.2) is 135 Å². The summed E-state index contributed by atoms with van der Waals surface area (Å²) < 4.78 is 18.8. The van der Waals surface area contributed by atoms with Crippen LogP contribution in [0.3, 0.4) is 0 Å². The molecule has 37 heavy (non-hydrogen) atoms. The predicted octanol–water partition coefficient (Wildman–Crippen LogP) is 3.96. The van der Waals surface area contributed by atoms with Gasteiger partial charge in [-0.1, -0.05) is 41.5 Å². The van der Waals surface area contributed by atoms with Gasteiger partial charge in [0, 0.05) is 78.5 Å². The molecule has 3 rings (SSSR count). The lowest BCUT2D eigenvalue weighted by molar-refractivity contribution is -0.0937. The molecule has 3 aliphatic rings. The van der Waals surface area contributed by atoms with E-state index in [0.717, 1.165) is 117 Å². The van der Waals surface area contributed by atoms with Crippen molar-refractivity contribution in [3.63, 3.8) is 0 Å². The zero-order chi connectivity index (χ0) is 26.6. The number of hydrogen-bond donors (Lipinski definition) is 0. The number of ether oxygens (including phenoxy) is 3. The molecule has 0 amide bonds. The van der Waals surface area contributed by atoms with Gasteiger partial charge in [-0.2, -0.15) is 0 Å². The zero-order valence-electron chi connectivity index (χ0n) is 25.2. The molecule has 7 nitrogen and oxygen atoms in total. The van der Waals surface area contributed by atoms with Crippen LogP contribution in [0.5, 0.6) is 0 Å². The minimum absolute atomic E-state index is 0.391. The van der Waals surface area contributed by atoms with Crippen molar-refractivity contribution < 1.29 is 14.2 Å². The molecule has 6 unspecified atom stereocenters. The minimum Gasteiger partial charge on any atom is -0.372 e. The number of hydrogen-bond acceptors (Lipinski definition) is 7. The number of rotatable bonds is 15. The molecule has 3 aliphatic heterocycles. The first-order chi connectivity index (χ1) is 18.0. The smallest absolute Gasteiger partial charge is 0.0703 e. The van der Waals surface area contributed by atoms with Crippen LogP contribution in [0.4, 0.5) is 0 Å². The van der Waals surface area contributed by atoms with Gasteiger partial charge in [0.2, 0.25) is 0 Å². The molecule has 218 valence electrons. The van der Waals surface area contributed by atoms with Crippen molar-refractivity contribution in [2.24, 2.45) is 0 Å². The average Bonchev–Trinajstić information content (AvgIpc) is 2.95. The van der Waals surface area contributed by atoms with Gasteiger partial charge in [0.1, 0.15) is 0 Å². The van der Waals surface area contributed by atoms with Crippen molar-refractivity contribution in [1.29, 1.82) is 0 Å². The first-order valence-corrected chi connectivity index (χ1v) is 15.9. The summed E-state index contributed by atoms with van der Waals surface area (Å²) in [7, 11) is 0. The molecule has 0 aromatic rings. The Morgan fingerprint density at radius 1 is 0.432 bits per heavy atom. The van der Waals surface area contributed by atoms with Crippen LogP contribution >= 0.6 is 0 Å². The number of nitrogens with zero attached hydrogens (tertiary/aromatic N) is 4. The molecular formula is C30H60N4O3. The standard InChI is InChI=1S/C30H60N4O3/c1-7-25-19-32(20-26(8-2)35-25)16-13-31(14-17-33-21-27(9-3)36-28(10-4)22-33)15-18-34-23-29(11-5)37-30(12-6)24-34/h25-30H,7-24H2,1-6H3. The molecule has 3 fully saturated rings. The molecule has 6 atom stereocenters. The maximum Gasteiger partial charge on any atom is 0.0703 e. The van der Waals surface area contributed by atoms with Gasteiger partial charge >= 0.3 is 0 Å². The lowest BCUT2D eigenvalue weighted by Gasteiger charge is -2.41. The van der Waals surface area contributed by atoms with Crippen LogP contribution in [0.25, 0.3) is 0 Å². The first-order valence-electron chi connectivity index (χ1n) is 15.9. The van der Waals surface area contributed by atoms with E-state index in [1.165, 1.54) is 0 Å². The third kappa shape index (κ3) is 10.3. The average molecular weight is 525 g/mol. The van der Waals surface area contributed by atoms with E-state index in [4.69, 9.17) is 14.2 Å². The highest BCUT2D eigenvalue weighted by Crippen LogP contribution is 2.19. The van der Waals surface area contributed by atoms with E-state index in [1.807, 2.05) is 0 Å². The lowest BCUT2D eigenvalue weighted by Crippen LogP contribution is -2.53. The predicted molar refractivity (Wildman–Crippen MR) is 153 cm³/mol. The van der Waals surface area contributed by atoms with Crippen molar-refractivity contribution in [3.05, 3.63) is 0 Å². The molecule has 0 radical (unpaired) electrons. The molecular weight excluding hydrogens is 464 g/mol. The van der Waals surface area contributed by atoms with E-state index < -0.39 is 0 Å². The van der Waals surface area contributed by atoms with Gasteiger partial charge in [0.15, 0.2) is 0 Å².